The van der Waals surface area contributed by atoms with Crippen molar-refractivity contribution in [2.24, 2.45) is 11.5 Å². The lowest BCUT2D eigenvalue weighted by molar-refractivity contribution is -0.121. The summed E-state index contributed by atoms with van der Waals surface area (Å²) >= 11 is 0. The summed E-state index contributed by atoms with van der Waals surface area (Å²) in [5.74, 6) is 0.214. The summed E-state index contributed by atoms with van der Waals surface area (Å²) < 4.78 is 30.7. The highest BCUT2D eigenvalue weighted by molar-refractivity contribution is 7.90. The number of allylic oxidation sites excluding steroid dienone is 2. The molecule has 164 valence electrons. The number of fused-ring (bicyclic) bond motifs is 1. The third-order valence-electron chi connectivity index (χ3n) is 4.32. The molecule has 0 saturated heterocycles. The van der Waals surface area contributed by atoms with E-state index in [-0.39, 0.29) is 4.90 Å². The fourth-order valence-corrected chi connectivity index (χ4v) is 3.05. The lowest BCUT2D eigenvalue weighted by Gasteiger charge is -2.10. The largest absolute Gasteiger partial charge is 0.376 e. The van der Waals surface area contributed by atoms with Gasteiger partial charge in [0.25, 0.3) is 0 Å². The first-order valence-electron chi connectivity index (χ1n) is 9.54. The van der Waals surface area contributed by atoms with Crippen molar-refractivity contribution in [2.75, 3.05) is 19.5 Å². The van der Waals surface area contributed by atoms with E-state index in [0.29, 0.717) is 31.1 Å². The van der Waals surface area contributed by atoms with Crippen LogP contribution < -0.4 is 11.5 Å². The zero-order chi connectivity index (χ0) is 22.4. The molecule has 4 N–H and O–H groups in total. The molecule has 2 aromatic rings. The number of nitrogens with two attached hydrogens (primary N) is 2. The van der Waals surface area contributed by atoms with Crippen LogP contribution in [0.2, 0.25) is 0 Å². The Morgan fingerprint density at radius 3 is 2.53 bits per heavy atom. The molecule has 0 unspecified atom stereocenters. The Kier molecular flexibility index (Phi) is 7.88. The number of amides is 1. The van der Waals surface area contributed by atoms with E-state index in [9.17, 15) is 13.2 Å². The van der Waals surface area contributed by atoms with Crippen LogP contribution in [0.5, 0.6) is 0 Å². The molecule has 0 aliphatic heterocycles. The third kappa shape index (κ3) is 7.05. The van der Waals surface area contributed by atoms with E-state index in [4.69, 9.17) is 16.2 Å². The number of sulfone groups is 1. The number of carbonyl (C=O) groups excluding carboxylic acids is 1. The monoisotopic (exact) mass is 435 g/mol. The molecule has 0 aromatic carbocycles. The lowest BCUT2D eigenvalue weighted by Crippen LogP contribution is -2.46. The molecule has 2 heterocycles. The Bertz CT molecular complexity index is 1050. The van der Waals surface area contributed by atoms with Crippen LogP contribution in [0.1, 0.15) is 32.5 Å². The van der Waals surface area contributed by atoms with Gasteiger partial charge in [0.2, 0.25) is 5.91 Å². The third-order valence-corrected chi connectivity index (χ3v) is 5.42. The van der Waals surface area contributed by atoms with Crippen LogP contribution in [-0.4, -0.2) is 53.9 Å². The molecule has 0 spiro atoms. The highest BCUT2D eigenvalue weighted by Crippen LogP contribution is 2.13. The molecule has 0 fully saturated rings. The number of ether oxygens (including phenoxy) is 1. The lowest BCUT2D eigenvalue weighted by atomic mass is 10.1. The van der Waals surface area contributed by atoms with Gasteiger partial charge >= 0.3 is 0 Å². The molecular formula is C20H29N5O4S. The van der Waals surface area contributed by atoms with Crippen LogP contribution in [-0.2, 0) is 25.8 Å². The zero-order valence-electron chi connectivity index (χ0n) is 17.5. The van der Waals surface area contributed by atoms with E-state index >= 15 is 0 Å². The van der Waals surface area contributed by atoms with Gasteiger partial charge in [0.15, 0.2) is 15.5 Å². The van der Waals surface area contributed by atoms with E-state index in [1.165, 1.54) is 11.8 Å². The van der Waals surface area contributed by atoms with Crippen molar-refractivity contribution in [1.82, 2.24) is 14.6 Å². The maximum atomic E-state index is 11.7. The molecule has 0 radical (unpaired) electrons. The average molecular weight is 436 g/mol. The van der Waals surface area contributed by atoms with Crippen LogP contribution in [0.4, 0.5) is 0 Å². The first-order valence-corrected chi connectivity index (χ1v) is 11.4. The second-order valence-electron chi connectivity index (χ2n) is 7.63. The van der Waals surface area contributed by atoms with Gasteiger partial charge in [0.1, 0.15) is 5.82 Å². The van der Waals surface area contributed by atoms with Gasteiger partial charge in [-0.2, -0.15) is 0 Å². The molecule has 2 aromatic heterocycles. The van der Waals surface area contributed by atoms with Crippen LogP contribution in [0, 0.1) is 0 Å². The minimum atomic E-state index is -3.25. The smallest absolute Gasteiger partial charge is 0.236 e. The molecule has 30 heavy (non-hydrogen) atoms. The van der Waals surface area contributed by atoms with Gasteiger partial charge < -0.3 is 16.2 Å². The van der Waals surface area contributed by atoms with E-state index in [1.807, 2.05) is 0 Å². The summed E-state index contributed by atoms with van der Waals surface area (Å²) in [6.45, 7) is 4.22. The van der Waals surface area contributed by atoms with Crippen molar-refractivity contribution in [3.05, 3.63) is 48.0 Å². The normalized spacial score (nSPS) is 14.2. The second-order valence-corrected chi connectivity index (χ2v) is 9.64. The summed E-state index contributed by atoms with van der Waals surface area (Å²) in [6.07, 6.45) is 11.9. The quantitative estimate of drug-likeness (QED) is 0.622. The molecule has 3 rings (SSSR count). The first kappa shape index (κ1) is 23.7. The number of pyridine rings is 1. The fraction of sp³-hybridized carbons (Fsp3) is 0.450. The average Bonchev–Trinajstić information content (AvgIpc) is 3.07. The molecule has 1 aliphatic rings. The highest BCUT2D eigenvalue weighted by Gasteiger charge is 2.16. The van der Waals surface area contributed by atoms with Crippen molar-refractivity contribution < 1.29 is 17.9 Å². The molecule has 0 bridgehead atoms. The standard InChI is InChI=1S/C16H19N3O3S.C4H10N2O/c1-23(20,21)14-7-8-15-17-18-16(19(15)11-14)9-10-22-12-13-5-3-2-4-6-13;1-4(2,6)3(5)7/h3,5-8,11H,2,4,9-10,12H2,1H3;6H2,1-2H3,(H2,5,7). The predicted octanol–water partition coefficient (Wildman–Crippen LogP) is 1.18. The van der Waals surface area contributed by atoms with Gasteiger partial charge in [-0.05, 0) is 44.4 Å². The number of aromatic nitrogens is 3. The summed E-state index contributed by atoms with van der Waals surface area (Å²) in [4.78, 5) is 10.4. The number of rotatable bonds is 7. The van der Waals surface area contributed by atoms with E-state index in [2.05, 4.69) is 28.4 Å². The van der Waals surface area contributed by atoms with Crippen LogP contribution >= 0.6 is 0 Å². The number of nitrogens with zero attached hydrogens (tertiary/aromatic N) is 3. The summed E-state index contributed by atoms with van der Waals surface area (Å²) in [5, 5.41) is 8.16. The fourth-order valence-electron chi connectivity index (χ4n) is 2.44. The number of hydrogen-bond acceptors (Lipinski definition) is 7. The summed E-state index contributed by atoms with van der Waals surface area (Å²) in [5.41, 5.74) is 11.0. The topological polar surface area (TPSA) is 143 Å². The zero-order valence-corrected chi connectivity index (χ0v) is 18.4. The Hall–Kier alpha value is -2.56. The summed E-state index contributed by atoms with van der Waals surface area (Å²) in [6, 6.07) is 3.20. The molecule has 0 saturated carbocycles. The van der Waals surface area contributed by atoms with Crippen molar-refractivity contribution >= 4 is 21.4 Å². The van der Waals surface area contributed by atoms with E-state index in [1.54, 1.807) is 36.6 Å². The Labute approximate surface area is 176 Å². The highest BCUT2D eigenvalue weighted by atomic mass is 32.2. The number of carbonyl (C=O) groups is 1. The van der Waals surface area contributed by atoms with Crippen LogP contribution in [0.25, 0.3) is 5.65 Å². The molecule has 9 nitrogen and oxygen atoms in total. The van der Waals surface area contributed by atoms with Crippen molar-refractivity contribution in [1.29, 1.82) is 0 Å². The SMILES string of the molecule is CC(C)(N)C(N)=O.CS(=O)(=O)c1ccc2nnc(CCOCC3=CCCC=C3)n2c1. The molecule has 10 heteroatoms. The minimum absolute atomic E-state index is 0.254. The Morgan fingerprint density at radius 2 is 1.97 bits per heavy atom. The maximum absolute atomic E-state index is 11.7. The predicted molar refractivity (Wildman–Crippen MR) is 115 cm³/mol. The minimum Gasteiger partial charge on any atom is -0.376 e. The van der Waals surface area contributed by atoms with E-state index in [0.717, 1.165) is 12.8 Å². The van der Waals surface area contributed by atoms with E-state index < -0.39 is 21.3 Å². The molecule has 1 aliphatic carbocycles. The van der Waals surface area contributed by atoms with Gasteiger partial charge in [0.05, 0.1) is 23.6 Å². The first-order chi connectivity index (χ1) is 14.0. The Balaban J connectivity index is 0.000000396. The van der Waals surface area contributed by atoms with Crippen molar-refractivity contribution in [3.8, 4) is 0 Å². The second kappa shape index (κ2) is 9.96. The van der Waals surface area contributed by atoms with Crippen molar-refractivity contribution in [3.63, 3.8) is 0 Å². The van der Waals surface area contributed by atoms with Gasteiger partial charge in [-0.25, -0.2) is 8.42 Å². The van der Waals surface area contributed by atoms with Crippen LogP contribution in [0.15, 0.2) is 47.0 Å². The molecule has 0 atom stereocenters. The van der Waals surface area contributed by atoms with Gasteiger partial charge in [-0.15, -0.1) is 10.2 Å². The number of primary amides is 1. The van der Waals surface area contributed by atoms with Gasteiger partial charge in [-0.3, -0.25) is 9.20 Å². The molecular weight excluding hydrogens is 406 g/mol. The van der Waals surface area contributed by atoms with Gasteiger partial charge in [0, 0.05) is 18.9 Å². The number of hydrogen-bond donors (Lipinski definition) is 2. The Morgan fingerprint density at radius 1 is 1.27 bits per heavy atom. The maximum Gasteiger partial charge on any atom is 0.236 e. The summed E-state index contributed by atoms with van der Waals surface area (Å²) in [7, 11) is -3.25. The van der Waals surface area contributed by atoms with Crippen LogP contribution in [0.3, 0.4) is 0 Å². The van der Waals surface area contributed by atoms with Crippen molar-refractivity contribution in [2.45, 2.75) is 43.5 Å². The molecule has 1 amide bonds. The van der Waals surface area contributed by atoms with Gasteiger partial charge in [-0.1, -0.05) is 18.2 Å².